The van der Waals surface area contributed by atoms with Crippen molar-refractivity contribution in [3.8, 4) is 0 Å². The van der Waals surface area contributed by atoms with Gasteiger partial charge in [0, 0.05) is 24.2 Å². The number of sulfone groups is 1. The fourth-order valence-electron chi connectivity index (χ4n) is 2.30. The van der Waals surface area contributed by atoms with Crippen LogP contribution in [-0.4, -0.2) is 31.9 Å². The number of rotatable bonds is 5. The van der Waals surface area contributed by atoms with E-state index < -0.39 is 21.6 Å². The molecule has 7 heteroatoms. The third-order valence-electron chi connectivity index (χ3n) is 3.49. The molecule has 1 fully saturated rings. The van der Waals surface area contributed by atoms with Gasteiger partial charge in [0.05, 0.1) is 11.0 Å². The van der Waals surface area contributed by atoms with Gasteiger partial charge in [-0.05, 0) is 25.0 Å². The molecule has 1 aromatic carbocycles. The lowest BCUT2D eigenvalue weighted by Crippen LogP contribution is -2.30. The van der Waals surface area contributed by atoms with Crippen LogP contribution in [0.1, 0.15) is 28.8 Å². The summed E-state index contributed by atoms with van der Waals surface area (Å²) in [5.41, 5.74) is 5.55. The molecule has 0 saturated carbocycles. The summed E-state index contributed by atoms with van der Waals surface area (Å²) in [5, 5.41) is 2.57. The number of primary amides is 1. The number of halogens is 1. The van der Waals surface area contributed by atoms with E-state index in [1.165, 1.54) is 12.1 Å². The van der Waals surface area contributed by atoms with E-state index in [9.17, 15) is 17.6 Å². The molecule has 0 aliphatic carbocycles. The minimum Gasteiger partial charge on any atom is -0.366 e. The minimum atomic E-state index is -2.99. The maximum absolute atomic E-state index is 13.7. The summed E-state index contributed by atoms with van der Waals surface area (Å²) in [6.07, 6.45) is 1.34. The number of hydrogen-bond acceptors (Lipinski definition) is 4. The van der Waals surface area contributed by atoms with Crippen LogP contribution < -0.4 is 11.1 Å². The first kappa shape index (κ1) is 14.9. The van der Waals surface area contributed by atoms with Gasteiger partial charge in [0.1, 0.15) is 5.82 Å². The molecule has 0 radical (unpaired) electrons. The first-order valence-electron chi connectivity index (χ1n) is 6.40. The Balaban J connectivity index is 1.93. The van der Waals surface area contributed by atoms with Crippen molar-refractivity contribution in [3.05, 3.63) is 35.1 Å². The van der Waals surface area contributed by atoms with Crippen molar-refractivity contribution in [2.24, 2.45) is 5.73 Å². The van der Waals surface area contributed by atoms with Crippen molar-refractivity contribution >= 4 is 15.7 Å². The number of nitrogens with one attached hydrogen (secondary N) is 1. The van der Waals surface area contributed by atoms with Crippen molar-refractivity contribution in [2.75, 3.05) is 12.3 Å². The molecule has 5 nitrogen and oxygen atoms in total. The van der Waals surface area contributed by atoms with E-state index in [1.54, 1.807) is 0 Å². The highest BCUT2D eigenvalue weighted by Crippen LogP contribution is 2.19. The molecule has 110 valence electrons. The Kier molecular flexibility index (Phi) is 4.39. The number of amides is 1. The summed E-state index contributed by atoms with van der Waals surface area (Å²) in [6.45, 7) is 0.538. The number of benzene rings is 1. The predicted molar refractivity (Wildman–Crippen MR) is 73.4 cm³/mol. The van der Waals surface area contributed by atoms with Crippen LogP contribution in [0, 0.1) is 5.82 Å². The predicted octanol–water partition coefficient (Wildman–Crippen LogP) is 0.591. The van der Waals surface area contributed by atoms with Crippen LogP contribution in [0.3, 0.4) is 0 Å². The molecule has 1 unspecified atom stereocenters. The Labute approximate surface area is 117 Å². The molecule has 1 aromatic rings. The molecule has 0 spiro atoms. The Morgan fingerprint density at radius 1 is 1.45 bits per heavy atom. The van der Waals surface area contributed by atoms with E-state index in [4.69, 9.17) is 5.73 Å². The largest absolute Gasteiger partial charge is 0.366 e. The van der Waals surface area contributed by atoms with E-state index in [1.807, 2.05) is 0 Å². The van der Waals surface area contributed by atoms with Crippen molar-refractivity contribution in [3.63, 3.8) is 0 Å². The van der Waals surface area contributed by atoms with E-state index in [-0.39, 0.29) is 23.1 Å². The van der Waals surface area contributed by atoms with Crippen LogP contribution in [0.4, 0.5) is 4.39 Å². The maximum atomic E-state index is 13.7. The second kappa shape index (κ2) is 5.88. The van der Waals surface area contributed by atoms with Gasteiger partial charge in [0.2, 0.25) is 5.91 Å². The molecular formula is C13H17FN2O3S. The lowest BCUT2D eigenvalue weighted by Gasteiger charge is -2.11. The highest BCUT2D eigenvalue weighted by Gasteiger charge is 2.30. The second-order valence-electron chi connectivity index (χ2n) is 4.93. The van der Waals surface area contributed by atoms with Crippen LogP contribution in [0.5, 0.6) is 0 Å². The molecule has 3 N–H and O–H groups in total. The van der Waals surface area contributed by atoms with E-state index in [0.717, 1.165) is 6.07 Å². The molecule has 2 rings (SSSR count). The SMILES string of the molecule is NC(=O)c1ccc(CNCC2CCCS2(=O)=O)c(F)c1. The Bertz CT molecular complexity index is 616. The molecule has 1 aliphatic rings. The summed E-state index contributed by atoms with van der Waals surface area (Å²) < 4.78 is 36.9. The third kappa shape index (κ3) is 3.34. The molecule has 1 amide bonds. The van der Waals surface area contributed by atoms with Crippen molar-refractivity contribution in [2.45, 2.75) is 24.6 Å². The van der Waals surface area contributed by atoms with Crippen LogP contribution >= 0.6 is 0 Å². The topological polar surface area (TPSA) is 89.3 Å². The number of nitrogens with two attached hydrogens (primary N) is 1. The van der Waals surface area contributed by atoms with E-state index in [0.29, 0.717) is 24.9 Å². The van der Waals surface area contributed by atoms with Gasteiger partial charge < -0.3 is 11.1 Å². The van der Waals surface area contributed by atoms with E-state index >= 15 is 0 Å². The van der Waals surface area contributed by atoms with Gasteiger partial charge in [-0.3, -0.25) is 4.79 Å². The number of carbonyl (C=O) groups is 1. The zero-order valence-electron chi connectivity index (χ0n) is 10.9. The van der Waals surface area contributed by atoms with Gasteiger partial charge in [0.15, 0.2) is 9.84 Å². The van der Waals surface area contributed by atoms with Crippen LogP contribution in [-0.2, 0) is 16.4 Å². The van der Waals surface area contributed by atoms with Gasteiger partial charge in [-0.25, -0.2) is 12.8 Å². The maximum Gasteiger partial charge on any atom is 0.248 e. The van der Waals surface area contributed by atoms with Crippen LogP contribution in [0.15, 0.2) is 18.2 Å². The average Bonchev–Trinajstić information content (AvgIpc) is 2.70. The van der Waals surface area contributed by atoms with Gasteiger partial charge in [-0.2, -0.15) is 0 Å². The Morgan fingerprint density at radius 2 is 2.20 bits per heavy atom. The second-order valence-corrected chi connectivity index (χ2v) is 7.33. The highest BCUT2D eigenvalue weighted by atomic mass is 32.2. The monoisotopic (exact) mass is 300 g/mol. The molecule has 1 aliphatic heterocycles. The molecule has 1 heterocycles. The summed E-state index contributed by atoms with van der Waals surface area (Å²) in [6, 6.07) is 4.02. The van der Waals surface area contributed by atoms with Crippen molar-refractivity contribution in [1.29, 1.82) is 0 Å². The standard InChI is InChI=1S/C13H17FN2O3S/c14-12-6-9(13(15)17)3-4-10(12)7-16-8-11-2-1-5-20(11,18)19/h3-4,6,11,16H,1-2,5,7-8H2,(H2,15,17). The van der Waals surface area contributed by atoms with E-state index in [2.05, 4.69) is 5.32 Å². The van der Waals surface area contributed by atoms with Crippen LogP contribution in [0.25, 0.3) is 0 Å². The molecule has 20 heavy (non-hydrogen) atoms. The zero-order chi connectivity index (χ0) is 14.8. The Hall–Kier alpha value is -1.47. The fourth-order valence-corrected chi connectivity index (χ4v) is 4.10. The molecule has 0 bridgehead atoms. The lowest BCUT2D eigenvalue weighted by atomic mass is 10.1. The first-order valence-corrected chi connectivity index (χ1v) is 8.12. The average molecular weight is 300 g/mol. The van der Waals surface area contributed by atoms with Gasteiger partial charge >= 0.3 is 0 Å². The smallest absolute Gasteiger partial charge is 0.248 e. The van der Waals surface area contributed by atoms with Crippen LogP contribution in [0.2, 0.25) is 0 Å². The number of carbonyl (C=O) groups excluding carboxylic acids is 1. The normalized spacial score (nSPS) is 20.9. The lowest BCUT2D eigenvalue weighted by molar-refractivity contribution is 0.1000. The van der Waals surface area contributed by atoms with Crippen molar-refractivity contribution < 1.29 is 17.6 Å². The minimum absolute atomic E-state index is 0.115. The fraction of sp³-hybridized carbons (Fsp3) is 0.462. The highest BCUT2D eigenvalue weighted by molar-refractivity contribution is 7.92. The first-order chi connectivity index (χ1) is 9.40. The zero-order valence-corrected chi connectivity index (χ0v) is 11.7. The van der Waals surface area contributed by atoms with Crippen molar-refractivity contribution in [1.82, 2.24) is 5.32 Å². The van der Waals surface area contributed by atoms with Gasteiger partial charge in [-0.1, -0.05) is 6.07 Å². The summed E-state index contributed by atoms with van der Waals surface area (Å²) in [5.74, 6) is -0.968. The Morgan fingerprint density at radius 3 is 2.75 bits per heavy atom. The number of hydrogen-bond donors (Lipinski definition) is 2. The summed E-state index contributed by atoms with van der Waals surface area (Å²) in [4.78, 5) is 10.9. The summed E-state index contributed by atoms with van der Waals surface area (Å²) in [7, 11) is -2.99. The third-order valence-corrected chi connectivity index (χ3v) is 5.76. The molecular weight excluding hydrogens is 283 g/mol. The molecule has 1 atom stereocenters. The molecule has 0 aromatic heterocycles. The quantitative estimate of drug-likeness (QED) is 0.833. The summed E-state index contributed by atoms with van der Waals surface area (Å²) >= 11 is 0. The molecule has 1 saturated heterocycles. The van der Waals surface area contributed by atoms with Gasteiger partial charge in [0.25, 0.3) is 0 Å². The van der Waals surface area contributed by atoms with Gasteiger partial charge in [-0.15, -0.1) is 0 Å².